The number of amides is 1. The van der Waals surface area contributed by atoms with Gasteiger partial charge in [0.2, 0.25) is 0 Å². The standard InChI is InChI=1S/C26H20BrClN2O5S/c27-18-6-9-20(10-7-18)30-36(32,33)23-13-11-21(12-14-23)34-17-26(31)29-24-16-19(28)8-15-25(24)35-22-4-2-1-3-5-22/h1-16,30H,17H2,(H,29,31). The van der Waals surface area contributed by atoms with Crippen LogP contribution < -0.4 is 19.5 Å². The molecule has 0 saturated carbocycles. The first-order valence-corrected chi connectivity index (χ1v) is 13.3. The highest BCUT2D eigenvalue weighted by Gasteiger charge is 2.15. The topological polar surface area (TPSA) is 93.7 Å². The molecule has 0 aromatic heterocycles. The predicted octanol–water partition coefficient (Wildman–Crippen LogP) is 6.71. The lowest BCUT2D eigenvalue weighted by Gasteiger charge is -2.13. The molecule has 0 radical (unpaired) electrons. The largest absolute Gasteiger partial charge is 0.484 e. The van der Waals surface area contributed by atoms with E-state index in [2.05, 4.69) is 26.0 Å². The highest BCUT2D eigenvalue weighted by molar-refractivity contribution is 9.10. The van der Waals surface area contributed by atoms with Gasteiger partial charge in [-0.3, -0.25) is 9.52 Å². The Balaban J connectivity index is 1.36. The molecule has 2 N–H and O–H groups in total. The number of carbonyl (C=O) groups is 1. The summed E-state index contributed by atoms with van der Waals surface area (Å²) in [6, 6.07) is 26.6. The van der Waals surface area contributed by atoms with Gasteiger partial charge in [-0.2, -0.15) is 0 Å². The fraction of sp³-hybridized carbons (Fsp3) is 0.0385. The number of carbonyl (C=O) groups excluding carboxylic acids is 1. The molecule has 0 aliphatic heterocycles. The number of sulfonamides is 1. The molecule has 4 aromatic rings. The molecular formula is C26H20BrClN2O5S. The van der Waals surface area contributed by atoms with Crippen molar-refractivity contribution in [1.82, 2.24) is 0 Å². The van der Waals surface area contributed by atoms with E-state index in [1.54, 1.807) is 54.6 Å². The van der Waals surface area contributed by atoms with Gasteiger partial charge in [0.25, 0.3) is 15.9 Å². The molecule has 0 aliphatic carbocycles. The van der Waals surface area contributed by atoms with E-state index in [4.69, 9.17) is 21.1 Å². The monoisotopic (exact) mass is 586 g/mol. The van der Waals surface area contributed by atoms with E-state index in [1.807, 2.05) is 18.2 Å². The zero-order valence-corrected chi connectivity index (χ0v) is 21.8. The summed E-state index contributed by atoms with van der Waals surface area (Å²) in [5.41, 5.74) is 0.826. The summed E-state index contributed by atoms with van der Waals surface area (Å²) in [5.74, 6) is 0.923. The van der Waals surface area contributed by atoms with Crippen LogP contribution in [-0.2, 0) is 14.8 Å². The van der Waals surface area contributed by atoms with Crippen LogP contribution in [0.3, 0.4) is 0 Å². The molecule has 36 heavy (non-hydrogen) atoms. The van der Waals surface area contributed by atoms with Crippen LogP contribution in [0.25, 0.3) is 0 Å². The molecule has 10 heteroatoms. The molecule has 0 spiro atoms. The number of rotatable bonds is 9. The Morgan fingerprint density at radius 3 is 2.25 bits per heavy atom. The summed E-state index contributed by atoms with van der Waals surface area (Å²) in [7, 11) is -3.78. The Morgan fingerprint density at radius 2 is 1.56 bits per heavy atom. The summed E-state index contributed by atoms with van der Waals surface area (Å²) in [4.78, 5) is 12.6. The minimum Gasteiger partial charge on any atom is -0.484 e. The number of halogens is 2. The highest BCUT2D eigenvalue weighted by atomic mass is 79.9. The van der Waals surface area contributed by atoms with Crippen molar-refractivity contribution in [1.29, 1.82) is 0 Å². The zero-order valence-electron chi connectivity index (χ0n) is 18.7. The number of benzene rings is 4. The average molecular weight is 588 g/mol. The number of hydrogen-bond donors (Lipinski definition) is 2. The Hall–Kier alpha value is -3.53. The molecule has 0 saturated heterocycles. The van der Waals surface area contributed by atoms with Gasteiger partial charge in [-0.05, 0) is 78.9 Å². The first kappa shape index (κ1) is 25.6. The van der Waals surface area contributed by atoms with E-state index < -0.39 is 15.9 Å². The van der Waals surface area contributed by atoms with Crippen LogP contribution in [0.1, 0.15) is 0 Å². The summed E-state index contributed by atoms with van der Waals surface area (Å²) >= 11 is 9.40. The number of nitrogens with one attached hydrogen (secondary N) is 2. The zero-order chi connectivity index (χ0) is 25.5. The van der Waals surface area contributed by atoms with Gasteiger partial charge >= 0.3 is 0 Å². The molecule has 0 bridgehead atoms. The van der Waals surface area contributed by atoms with Crippen molar-refractivity contribution >= 4 is 54.8 Å². The Bertz CT molecular complexity index is 1450. The second-order valence-corrected chi connectivity index (χ2v) is 10.5. The van der Waals surface area contributed by atoms with Crippen LogP contribution in [0, 0.1) is 0 Å². The van der Waals surface area contributed by atoms with Crippen molar-refractivity contribution in [2.24, 2.45) is 0 Å². The molecule has 4 aromatic carbocycles. The van der Waals surface area contributed by atoms with Crippen molar-refractivity contribution in [3.63, 3.8) is 0 Å². The fourth-order valence-electron chi connectivity index (χ4n) is 3.09. The Morgan fingerprint density at radius 1 is 0.861 bits per heavy atom. The Labute approximate surface area is 222 Å². The third-order valence-electron chi connectivity index (χ3n) is 4.79. The van der Waals surface area contributed by atoms with Crippen molar-refractivity contribution in [3.8, 4) is 17.2 Å². The number of anilines is 2. The maximum atomic E-state index is 12.6. The Kier molecular flexibility index (Phi) is 8.14. The van der Waals surface area contributed by atoms with Crippen molar-refractivity contribution in [3.05, 3.63) is 107 Å². The van der Waals surface area contributed by atoms with Crippen LogP contribution in [-0.4, -0.2) is 20.9 Å². The van der Waals surface area contributed by atoms with E-state index in [0.717, 1.165) is 4.47 Å². The second-order valence-electron chi connectivity index (χ2n) is 7.48. The lowest BCUT2D eigenvalue weighted by molar-refractivity contribution is -0.118. The maximum absolute atomic E-state index is 12.6. The highest BCUT2D eigenvalue weighted by Crippen LogP contribution is 2.32. The van der Waals surface area contributed by atoms with E-state index in [0.29, 0.717) is 33.6 Å². The average Bonchev–Trinajstić information content (AvgIpc) is 2.87. The molecule has 7 nitrogen and oxygen atoms in total. The van der Waals surface area contributed by atoms with E-state index >= 15 is 0 Å². The number of ether oxygens (including phenoxy) is 2. The lowest BCUT2D eigenvalue weighted by Crippen LogP contribution is -2.20. The summed E-state index contributed by atoms with van der Waals surface area (Å²) < 4.78 is 39.9. The van der Waals surface area contributed by atoms with Crippen LogP contribution in [0.4, 0.5) is 11.4 Å². The van der Waals surface area contributed by atoms with Crippen molar-refractivity contribution in [2.75, 3.05) is 16.6 Å². The van der Waals surface area contributed by atoms with Crippen LogP contribution in [0.15, 0.2) is 106 Å². The van der Waals surface area contributed by atoms with Crippen LogP contribution >= 0.6 is 27.5 Å². The fourth-order valence-corrected chi connectivity index (χ4v) is 4.58. The van der Waals surface area contributed by atoms with Gasteiger partial charge in [-0.25, -0.2) is 8.42 Å². The normalized spacial score (nSPS) is 10.9. The number of hydrogen-bond acceptors (Lipinski definition) is 5. The SMILES string of the molecule is O=C(COc1ccc(S(=O)(=O)Nc2ccc(Br)cc2)cc1)Nc1cc(Cl)ccc1Oc1ccccc1. The van der Waals surface area contributed by atoms with Gasteiger partial charge < -0.3 is 14.8 Å². The minimum atomic E-state index is -3.78. The van der Waals surface area contributed by atoms with Gasteiger partial charge in [0.1, 0.15) is 11.5 Å². The molecule has 0 atom stereocenters. The molecule has 0 fully saturated rings. The van der Waals surface area contributed by atoms with E-state index in [9.17, 15) is 13.2 Å². The molecule has 4 rings (SSSR count). The number of para-hydroxylation sites is 1. The minimum absolute atomic E-state index is 0.0591. The maximum Gasteiger partial charge on any atom is 0.262 e. The molecule has 184 valence electrons. The first-order chi connectivity index (χ1) is 17.3. The van der Waals surface area contributed by atoms with Crippen LogP contribution in [0.5, 0.6) is 17.2 Å². The van der Waals surface area contributed by atoms with Gasteiger partial charge in [0, 0.05) is 15.2 Å². The van der Waals surface area contributed by atoms with Crippen molar-refractivity contribution < 1.29 is 22.7 Å². The lowest BCUT2D eigenvalue weighted by atomic mass is 10.2. The third kappa shape index (κ3) is 7.00. The van der Waals surface area contributed by atoms with Gasteiger partial charge in [0.05, 0.1) is 10.6 Å². The van der Waals surface area contributed by atoms with Gasteiger partial charge in [0.15, 0.2) is 12.4 Å². The molecule has 0 heterocycles. The second kappa shape index (κ2) is 11.5. The predicted molar refractivity (Wildman–Crippen MR) is 143 cm³/mol. The third-order valence-corrected chi connectivity index (χ3v) is 6.95. The quantitative estimate of drug-likeness (QED) is 0.227. The van der Waals surface area contributed by atoms with E-state index in [-0.39, 0.29) is 11.5 Å². The van der Waals surface area contributed by atoms with Gasteiger partial charge in [-0.1, -0.05) is 45.7 Å². The first-order valence-electron chi connectivity index (χ1n) is 10.6. The van der Waals surface area contributed by atoms with Crippen molar-refractivity contribution in [2.45, 2.75) is 4.90 Å². The summed E-state index contributed by atoms with van der Waals surface area (Å²) in [6.07, 6.45) is 0. The van der Waals surface area contributed by atoms with Crippen LogP contribution in [0.2, 0.25) is 5.02 Å². The molecule has 1 amide bonds. The van der Waals surface area contributed by atoms with E-state index in [1.165, 1.54) is 24.3 Å². The molecule has 0 unspecified atom stereocenters. The summed E-state index contributed by atoms with van der Waals surface area (Å²) in [5, 5.41) is 3.16. The van der Waals surface area contributed by atoms with Gasteiger partial charge in [-0.15, -0.1) is 0 Å². The summed E-state index contributed by atoms with van der Waals surface area (Å²) in [6.45, 7) is -0.305. The molecule has 0 aliphatic rings. The smallest absolute Gasteiger partial charge is 0.262 e. The molecular weight excluding hydrogens is 568 g/mol.